The zero-order valence-electron chi connectivity index (χ0n) is 33.6. The summed E-state index contributed by atoms with van der Waals surface area (Å²) in [6, 6.07) is 21.9. The van der Waals surface area contributed by atoms with Crippen molar-refractivity contribution >= 4 is 11.4 Å². The number of hydrogen-bond acceptors (Lipinski definition) is 4. The van der Waals surface area contributed by atoms with Crippen molar-refractivity contribution in [2.45, 2.75) is 111 Å². The first-order chi connectivity index (χ1) is 27.6. The van der Waals surface area contributed by atoms with Gasteiger partial charge in [-0.05, 0) is 83.4 Å². The lowest BCUT2D eigenvalue weighted by Gasteiger charge is -2.61. The summed E-state index contributed by atoms with van der Waals surface area (Å²) < 4.78 is 2.34. The first kappa shape index (κ1) is 38.2. The van der Waals surface area contributed by atoms with Crippen LogP contribution >= 0.6 is 0 Å². The summed E-state index contributed by atoms with van der Waals surface area (Å²) in [6.45, 7) is 4.78. The number of piperidine rings is 2. The van der Waals surface area contributed by atoms with Gasteiger partial charge in [0.25, 0.3) is 0 Å². The molecule has 2 aromatic rings. The molecule has 8 heteroatoms. The van der Waals surface area contributed by atoms with E-state index in [1.807, 2.05) is 0 Å². The molecule has 2 spiro atoms. The predicted molar refractivity (Wildman–Crippen MR) is 222 cm³/mol. The average molecular weight is 907 g/mol. The van der Waals surface area contributed by atoms with E-state index in [1.165, 1.54) is 109 Å². The van der Waals surface area contributed by atoms with Crippen LogP contribution in [0.3, 0.4) is 0 Å². The van der Waals surface area contributed by atoms with Gasteiger partial charge in [0, 0.05) is 74.1 Å². The van der Waals surface area contributed by atoms with E-state index in [1.54, 1.807) is 22.3 Å². The maximum absolute atomic E-state index is 10.7. The Morgan fingerprint density at radius 3 is 1.50 bits per heavy atom. The van der Waals surface area contributed by atoms with E-state index >= 15 is 0 Å². The lowest BCUT2D eigenvalue weighted by Crippen LogP contribution is -3.00. The highest BCUT2D eigenvalue weighted by Crippen LogP contribution is 2.70. The molecule has 12 atom stereocenters. The minimum atomic E-state index is 0. The molecule has 0 aromatic heterocycles. The summed E-state index contributed by atoms with van der Waals surface area (Å²) in [5.74, 6) is 0.660. The van der Waals surface area contributed by atoms with E-state index < -0.39 is 0 Å². The van der Waals surface area contributed by atoms with Crippen LogP contribution in [0.4, 0.5) is 11.4 Å². The highest BCUT2D eigenvalue weighted by molar-refractivity contribution is 5.77. The second-order valence-corrected chi connectivity index (χ2v) is 19.8. The van der Waals surface area contributed by atoms with Crippen molar-refractivity contribution in [1.29, 1.82) is 0 Å². The molecule has 0 radical (unpaired) electrons. The Hall–Kier alpha value is -2.72. The SMILES string of the molecule is OC/C=C1\C[N+]2(C3C=CCCC3)CCC34c5ccccc5N5/C=C6/C7CC8C9(CC[N+]8(C8C=CCCC8)C/C7=C/CO)c7ccccc7N(/C=C(/C1CC32)C54)C69.[Br-].[Br-]. The van der Waals surface area contributed by atoms with E-state index in [-0.39, 0.29) is 70.1 Å². The molecule has 4 saturated heterocycles. The van der Waals surface area contributed by atoms with Gasteiger partial charge >= 0.3 is 0 Å². The van der Waals surface area contributed by atoms with Crippen LogP contribution in [0, 0.1) is 11.8 Å². The molecule has 4 aliphatic carbocycles. The van der Waals surface area contributed by atoms with Crippen molar-refractivity contribution < 1.29 is 53.1 Å². The maximum atomic E-state index is 10.7. The summed E-state index contributed by atoms with van der Waals surface area (Å²) in [5.41, 5.74) is 12.3. The lowest BCUT2D eigenvalue weighted by atomic mass is 9.55. The molecule has 0 amide bonds. The fraction of sp³-hybridized carbons (Fsp3) is 0.520. The molecule has 13 rings (SSSR count). The molecule has 2 aromatic carbocycles. The number of allylic oxidation sites excluding steroid dienone is 2. The fourth-order valence-corrected chi connectivity index (χ4v) is 16.8. The highest BCUT2D eigenvalue weighted by atomic mass is 79.9. The summed E-state index contributed by atoms with van der Waals surface area (Å²) in [6.07, 6.45) is 32.4. The Morgan fingerprint density at radius 1 is 0.638 bits per heavy atom. The zero-order chi connectivity index (χ0) is 37.0. The van der Waals surface area contributed by atoms with Crippen LogP contribution in [-0.2, 0) is 10.8 Å². The minimum Gasteiger partial charge on any atom is -1.00 e. The summed E-state index contributed by atoms with van der Waals surface area (Å²) in [5, 5.41) is 21.4. The fourth-order valence-electron chi connectivity index (χ4n) is 16.8. The van der Waals surface area contributed by atoms with Crippen LogP contribution < -0.4 is 43.8 Å². The van der Waals surface area contributed by atoms with E-state index in [4.69, 9.17) is 0 Å². The molecule has 4 bridgehead atoms. The predicted octanol–water partition coefficient (Wildman–Crippen LogP) is 1.33. The van der Waals surface area contributed by atoms with Crippen LogP contribution in [0.1, 0.15) is 75.3 Å². The molecule has 6 fully saturated rings. The number of aliphatic hydroxyl groups excluding tert-OH is 2. The molecule has 2 N–H and O–H groups in total. The normalized spacial score (nSPS) is 45.8. The van der Waals surface area contributed by atoms with Gasteiger partial charge in [0.05, 0.1) is 49.2 Å². The Bertz CT molecular complexity index is 2090. The largest absolute Gasteiger partial charge is 1.00 e. The van der Waals surface area contributed by atoms with Gasteiger partial charge in [-0.3, -0.25) is 0 Å². The quantitative estimate of drug-likeness (QED) is 0.360. The zero-order valence-corrected chi connectivity index (χ0v) is 36.8. The molecule has 58 heavy (non-hydrogen) atoms. The van der Waals surface area contributed by atoms with Crippen molar-refractivity contribution in [2.24, 2.45) is 11.8 Å². The number of aliphatic hydroxyl groups is 2. The first-order valence-electron chi connectivity index (χ1n) is 22.4. The molecular formula is C50H58Br2N4O2. The number of nitrogens with zero attached hydrogens (tertiary/aromatic N) is 4. The van der Waals surface area contributed by atoms with Crippen molar-refractivity contribution in [1.82, 2.24) is 0 Å². The van der Waals surface area contributed by atoms with Gasteiger partial charge in [0.2, 0.25) is 0 Å². The molecule has 6 nitrogen and oxygen atoms in total. The number of quaternary nitrogens is 2. The van der Waals surface area contributed by atoms with Crippen LogP contribution in [0.2, 0.25) is 0 Å². The molecule has 7 aliphatic heterocycles. The molecule has 11 aliphatic rings. The van der Waals surface area contributed by atoms with Crippen LogP contribution in [0.15, 0.2) is 120 Å². The monoisotopic (exact) mass is 904 g/mol. The van der Waals surface area contributed by atoms with E-state index in [0.29, 0.717) is 36.0 Å². The minimum absolute atomic E-state index is 0. The summed E-state index contributed by atoms with van der Waals surface area (Å²) in [4.78, 5) is 5.68. The van der Waals surface area contributed by atoms with Gasteiger partial charge in [0.15, 0.2) is 0 Å². The highest BCUT2D eigenvalue weighted by Gasteiger charge is 2.76. The number of rotatable bonds is 4. The molecule has 304 valence electrons. The van der Waals surface area contributed by atoms with Crippen molar-refractivity contribution in [3.05, 3.63) is 131 Å². The van der Waals surface area contributed by atoms with Crippen molar-refractivity contribution in [3.8, 4) is 0 Å². The number of hydrogen-bond donors (Lipinski definition) is 2. The number of benzene rings is 2. The lowest BCUT2D eigenvalue weighted by molar-refractivity contribution is -0.959. The second kappa shape index (κ2) is 13.4. The Labute approximate surface area is 365 Å². The molecule has 7 heterocycles. The van der Waals surface area contributed by atoms with Gasteiger partial charge in [-0.15, -0.1) is 0 Å². The summed E-state index contributed by atoms with van der Waals surface area (Å²) >= 11 is 0. The second-order valence-electron chi connectivity index (χ2n) is 19.8. The van der Waals surface area contributed by atoms with Gasteiger partial charge in [-0.2, -0.15) is 0 Å². The van der Waals surface area contributed by atoms with E-state index in [0.717, 1.165) is 13.1 Å². The van der Waals surface area contributed by atoms with Gasteiger partial charge in [-0.25, -0.2) is 0 Å². The third-order valence-electron chi connectivity index (χ3n) is 18.5. The third kappa shape index (κ3) is 4.43. The Morgan fingerprint density at radius 2 is 1.09 bits per heavy atom. The topological polar surface area (TPSA) is 46.9 Å². The average Bonchev–Trinajstić information content (AvgIpc) is 3.95. The smallest absolute Gasteiger partial charge is 0.108 e. The molecule has 2 saturated carbocycles. The number of halogens is 2. The standard InChI is InChI=1S/C50H58N4O2.2BrH/c55-25-19-33-31-53(35-11-3-1-4-12-35)23-21-49-41-15-7-9-17-43(41)51-30-40-38-28-46-50(22-24-54(46,32-34(38)20-26-56)36-13-5-2-6-14-36)42-16-8-10-18-44(42)52(48(40)50)29-39(47(49)51)37(33)27-45(49)53;;/h3,5,7-11,13,15-20,29-30,35-38,45-48,55-56H,1-2,4,6,12,14,21-28,31-32H2;2*1H/q+2;;/p-2/b33-19-,34-20+,39-29-,40-30-;;. The van der Waals surface area contributed by atoms with E-state index in [2.05, 4.69) is 107 Å². The van der Waals surface area contributed by atoms with Crippen molar-refractivity contribution in [2.75, 3.05) is 49.2 Å². The molecule has 12 unspecified atom stereocenters. The van der Waals surface area contributed by atoms with Crippen LogP contribution in [0.5, 0.6) is 0 Å². The van der Waals surface area contributed by atoms with Crippen LogP contribution in [0.25, 0.3) is 0 Å². The van der Waals surface area contributed by atoms with Gasteiger partial charge in [0.1, 0.15) is 37.3 Å². The summed E-state index contributed by atoms with van der Waals surface area (Å²) in [7, 11) is 0. The maximum Gasteiger partial charge on any atom is 0.108 e. The molecular weight excluding hydrogens is 848 g/mol. The van der Waals surface area contributed by atoms with E-state index in [9.17, 15) is 10.2 Å². The van der Waals surface area contributed by atoms with Crippen molar-refractivity contribution in [3.63, 3.8) is 0 Å². The third-order valence-corrected chi connectivity index (χ3v) is 18.5. The Kier molecular flexibility index (Phi) is 8.82. The Balaban J connectivity index is 0.00000193. The van der Waals surface area contributed by atoms with Gasteiger partial charge < -0.3 is 62.9 Å². The first-order valence-corrected chi connectivity index (χ1v) is 22.4. The number of anilines is 2. The van der Waals surface area contributed by atoms with Crippen LogP contribution in [-0.4, -0.2) is 94.8 Å². The number of para-hydroxylation sites is 2. The number of fused-ring (bicyclic) bond motifs is 8. The van der Waals surface area contributed by atoms with Gasteiger partial charge in [-0.1, -0.05) is 60.7 Å².